The number of aliphatic hydroxyl groups is 1. The maximum Gasteiger partial charge on any atom is 0.162 e. The minimum absolute atomic E-state index is 0.0311. The number of aliphatic hydroxyl groups excluding tert-OH is 1. The Balaban J connectivity index is 1.28. The number of hydrogen-bond acceptors (Lipinski definition) is 7. The lowest BCUT2D eigenvalue weighted by Gasteiger charge is -2.45. The molecule has 3 atom stereocenters. The molecule has 2 aromatic carbocycles. The smallest absolute Gasteiger partial charge is 0.162 e. The summed E-state index contributed by atoms with van der Waals surface area (Å²) in [4.78, 5) is 11.1. The second-order valence-electron chi connectivity index (χ2n) is 9.47. The first-order valence-corrected chi connectivity index (χ1v) is 11.8. The fourth-order valence-corrected chi connectivity index (χ4v) is 5.42. The number of halogens is 2. The van der Waals surface area contributed by atoms with E-state index >= 15 is 0 Å². The lowest BCUT2D eigenvalue weighted by atomic mass is 9.61. The van der Waals surface area contributed by atoms with Gasteiger partial charge in [-0.1, -0.05) is 18.5 Å². The number of aromatic nitrogens is 2. The van der Waals surface area contributed by atoms with Crippen LogP contribution in [0.2, 0.25) is 5.02 Å². The van der Waals surface area contributed by atoms with Crippen LogP contribution in [0.15, 0.2) is 36.7 Å². The zero-order valence-corrected chi connectivity index (χ0v) is 20.0. The first-order chi connectivity index (χ1) is 16.4. The van der Waals surface area contributed by atoms with Crippen LogP contribution in [0.3, 0.4) is 0 Å². The first-order valence-electron chi connectivity index (χ1n) is 11.4. The third-order valence-electron chi connectivity index (χ3n) is 7.05. The Morgan fingerprint density at radius 3 is 2.85 bits per heavy atom. The van der Waals surface area contributed by atoms with Gasteiger partial charge in [-0.2, -0.15) is 0 Å². The molecule has 1 aliphatic heterocycles. The average molecular weight is 487 g/mol. The Morgan fingerprint density at radius 2 is 2.12 bits per heavy atom. The van der Waals surface area contributed by atoms with Crippen LogP contribution in [-0.4, -0.2) is 59.4 Å². The molecule has 9 heteroatoms. The molecule has 0 unspecified atom stereocenters. The summed E-state index contributed by atoms with van der Waals surface area (Å²) in [6.45, 7) is 5.72. The van der Waals surface area contributed by atoms with E-state index in [1.165, 1.54) is 18.5 Å². The molecule has 1 aliphatic carbocycles. The number of nitrogens with one attached hydrogen (secondary N) is 1. The van der Waals surface area contributed by atoms with Crippen molar-refractivity contribution in [2.45, 2.75) is 25.9 Å². The van der Waals surface area contributed by atoms with Crippen LogP contribution in [0.4, 0.5) is 15.9 Å². The molecule has 1 saturated heterocycles. The molecule has 2 N–H and O–H groups in total. The normalized spacial score (nSPS) is 24.0. The van der Waals surface area contributed by atoms with Crippen molar-refractivity contribution in [3.05, 3.63) is 47.5 Å². The molecular formula is C25H28ClFN4O3. The van der Waals surface area contributed by atoms with Crippen molar-refractivity contribution in [2.75, 3.05) is 38.7 Å². The van der Waals surface area contributed by atoms with E-state index in [0.29, 0.717) is 41.0 Å². The van der Waals surface area contributed by atoms with E-state index in [2.05, 4.69) is 27.1 Å². The van der Waals surface area contributed by atoms with E-state index in [4.69, 9.17) is 21.1 Å². The zero-order valence-electron chi connectivity index (χ0n) is 19.2. The molecule has 5 rings (SSSR count). The van der Waals surface area contributed by atoms with Gasteiger partial charge in [0.1, 0.15) is 18.0 Å². The van der Waals surface area contributed by atoms with Gasteiger partial charge >= 0.3 is 0 Å². The second-order valence-corrected chi connectivity index (χ2v) is 9.87. The van der Waals surface area contributed by atoms with Crippen molar-refractivity contribution < 1.29 is 19.0 Å². The summed E-state index contributed by atoms with van der Waals surface area (Å²) in [6.07, 6.45) is 3.08. The van der Waals surface area contributed by atoms with E-state index in [-0.39, 0.29) is 16.5 Å². The number of anilines is 2. The Morgan fingerprint density at radius 1 is 1.26 bits per heavy atom. The maximum atomic E-state index is 13.5. The standard InChI is InChI=1S/C25H28ClFN4O3/c1-25-11-21(32)17(25)12-31(13-25)6-3-7-34-23-9-16-20(10-22(23)33-2)28-14-29-24(16)30-15-4-5-19(27)18(26)8-15/h4-5,8-10,14,17,21,32H,3,6-7,11-13H2,1-2H3,(H,28,29,30)/t17-,21+,25+/m0/s1. The van der Waals surface area contributed by atoms with Crippen LogP contribution in [0.1, 0.15) is 19.8 Å². The molecule has 2 fully saturated rings. The van der Waals surface area contributed by atoms with Crippen LogP contribution in [-0.2, 0) is 0 Å². The number of ether oxygens (including phenoxy) is 2. The minimum atomic E-state index is -0.480. The van der Waals surface area contributed by atoms with Crippen LogP contribution in [0.25, 0.3) is 10.9 Å². The highest BCUT2D eigenvalue weighted by molar-refractivity contribution is 6.31. The van der Waals surface area contributed by atoms with Gasteiger partial charge in [-0.25, -0.2) is 14.4 Å². The lowest BCUT2D eigenvalue weighted by molar-refractivity contribution is -0.0639. The molecule has 2 aliphatic rings. The van der Waals surface area contributed by atoms with E-state index in [0.717, 1.165) is 37.9 Å². The van der Waals surface area contributed by atoms with E-state index in [1.54, 1.807) is 13.2 Å². The Bertz CT molecular complexity index is 1210. The molecule has 2 heterocycles. The largest absolute Gasteiger partial charge is 0.493 e. The third-order valence-corrected chi connectivity index (χ3v) is 7.34. The van der Waals surface area contributed by atoms with Gasteiger partial charge in [0.05, 0.1) is 30.4 Å². The van der Waals surface area contributed by atoms with Crippen LogP contribution in [0.5, 0.6) is 11.5 Å². The van der Waals surface area contributed by atoms with E-state index in [1.807, 2.05) is 12.1 Å². The molecule has 0 bridgehead atoms. The van der Waals surface area contributed by atoms with Gasteiger partial charge in [0.2, 0.25) is 0 Å². The van der Waals surface area contributed by atoms with Crippen LogP contribution < -0.4 is 14.8 Å². The fourth-order valence-electron chi connectivity index (χ4n) is 5.24. The topological polar surface area (TPSA) is 79.7 Å². The Hall–Kier alpha value is -2.68. The second kappa shape index (κ2) is 9.17. The average Bonchev–Trinajstić information content (AvgIpc) is 3.08. The summed E-state index contributed by atoms with van der Waals surface area (Å²) in [6, 6.07) is 8.08. The van der Waals surface area contributed by atoms with Gasteiger partial charge in [0, 0.05) is 42.7 Å². The predicted molar refractivity (Wildman–Crippen MR) is 130 cm³/mol. The minimum Gasteiger partial charge on any atom is -0.493 e. The maximum absolute atomic E-state index is 13.5. The van der Waals surface area contributed by atoms with Crippen LogP contribution in [0, 0.1) is 17.2 Å². The Labute approximate surface area is 202 Å². The van der Waals surface area contributed by atoms with Gasteiger partial charge in [-0.15, -0.1) is 0 Å². The molecule has 0 spiro atoms. The summed E-state index contributed by atoms with van der Waals surface area (Å²) >= 11 is 5.92. The number of methoxy groups -OCH3 is 1. The number of benzene rings is 2. The molecular weight excluding hydrogens is 459 g/mol. The van der Waals surface area contributed by atoms with Crippen LogP contribution >= 0.6 is 11.6 Å². The SMILES string of the molecule is COc1cc2ncnc(Nc3ccc(F)c(Cl)c3)c2cc1OCCCN1C[C@H]2[C@H](O)C[C@]2(C)C1. The molecule has 180 valence electrons. The first kappa shape index (κ1) is 23.1. The third kappa shape index (κ3) is 4.37. The van der Waals surface area contributed by atoms with Crippen molar-refractivity contribution in [2.24, 2.45) is 11.3 Å². The van der Waals surface area contributed by atoms with E-state index < -0.39 is 5.82 Å². The zero-order chi connectivity index (χ0) is 23.9. The molecule has 0 amide bonds. The van der Waals surface area contributed by atoms with Crippen molar-refractivity contribution in [3.63, 3.8) is 0 Å². The van der Waals surface area contributed by atoms with Gasteiger partial charge in [-0.05, 0) is 42.5 Å². The van der Waals surface area contributed by atoms with Gasteiger partial charge < -0.3 is 24.8 Å². The molecule has 7 nitrogen and oxygen atoms in total. The summed E-state index contributed by atoms with van der Waals surface area (Å²) in [5.74, 6) is 1.67. The summed E-state index contributed by atoms with van der Waals surface area (Å²) in [7, 11) is 1.60. The van der Waals surface area contributed by atoms with Gasteiger partial charge in [0.15, 0.2) is 11.5 Å². The number of fused-ring (bicyclic) bond motifs is 2. The molecule has 3 aromatic rings. The highest BCUT2D eigenvalue weighted by atomic mass is 35.5. The highest BCUT2D eigenvalue weighted by Gasteiger charge is 2.54. The number of nitrogens with zero attached hydrogens (tertiary/aromatic N) is 3. The van der Waals surface area contributed by atoms with Crippen molar-refractivity contribution in [3.8, 4) is 11.5 Å². The molecule has 34 heavy (non-hydrogen) atoms. The van der Waals surface area contributed by atoms with E-state index in [9.17, 15) is 9.50 Å². The van der Waals surface area contributed by atoms with Gasteiger partial charge in [-0.3, -0.25) is 0 Å². The molecule has 0 radical (unpaired) electrons. The van der Waals surface area contributed by atoms with Gasteiger partial charge in [0.25, 0.3) is 0 Å². The monoisotopic (exact) mass is 486 g/mol. The highest BCUT2D eigenvalue weighted by Crippen LogP contribution is 2.51. The van der Waals surface area contributed by atoms with Crippen molar-refractivity contribution in [1.29, 1.82) is 0 Å². The van der Waals surface area contributed by atoms with Crippen molar-refractivity contribution >= 4 is 34.0 Å². The summed E-state index contributed by atoms with van der Waals surface area (Å²) in [5, 5.41) is 14.0. The number of hydrogen-bond donors (Lipinski definition) is 2. The number of likely N-dealkylation sites (tertiary alicyclic amines) is 1. The fraction of sp³-hybridized carbons (Fsp3) is 0.440. The Kier molecular flexibility index (Phi) is 6.22. The lowest BCUT2D eigenvalue weighted by Crippen LogP contribution is -2.48. The quantitative estimate of drug-likeness (QED) is 0.449. The van der Waals surface area contributed by atoms with Crippen molar-refractivity contribution in [1.82, 2.24) is 14.9 Å². The summed E-state index contributed by atoms with van der Waals surface area (Å²) < 4.78 is 25.1. The predicted octanol–water partition coefficient (Wildman–Crippen LogP) is 4.65. The molecule has 1 saturated carbocycles. The summed E-state index contributed by atoms with van der Waals surface area (Å²) in [5.41, 5.74) is 1.57. The number of rotatable bonds is 8. The molecule has 1 aromatic heterocycles.